The molecule has 5 nitrogen and oxygen atoms in total. The number of nitrogens with zero attached hydrogens (tertiary/aromatic N) is 3. The van der Waals surface area contributed by atoms with Crippen molar-refractivity contribution >= 4 is 35.6 Å². The minimum Gasteiger partial charge on any atom is -0.497 e. The van der Waals surface area contributed by atoms with Crippen molar-refractivity contribution in [3.8, 4) is 5.75 Å². The van der Waals surface area contributed by atoms with Gasteiger partial charge >= 0.3 is 0 Å². The topological polar surface area (TPSA) is 40.1 Å². The van der Waals surface area contributed by atoms with Crippen molar-refractivity contribution in [3.05, 3.63) is 24.3 Å². The number of aliphatic imine (C=N–C) groups is 1. The quantitative estimate of drug-likeness (QED) is 0.474. The van der Waals surface area contributed by atoms with Crippen molar-refractivity contribution in [1.29, 1.82) is 0 Å². The van der Waals surface area contributed by atoms with E-state index in [1.54, 1.807) is 7.11 Å². The molecule has 20 heavy (non-hydrogen) atoms. The van der Waals surface area contributed by atoms with Gasteiger partial charge in [0.1, 0.15) is 5.75 Å². The second-order valence-corrected chi connectivity index (χ2v) is 4.47. The zero-order valence-corrected chi connectivity index (χ0v) is 14.6. The molecule has 0 saturated carbocycles. The Balaban J connectivity index is 0.00000200. The zero-order chi connectivity index (χ0) is 13.7. The number of ether oxygens (including phenoxy) is 1. The summed E-state index contributed by atoms with van der Waals surface area (Å²) in [6.07, 6.45) is 0. The van der Waals surface area contributed by atoms with Crippen LogP contribution in [0.1, 0.15) is 0 Å². The maximum Gasteiger partial charge on any atom is 0.193 e. The van der Waals surface area contributed by atoms with E-state index in [0.29, 0.717) is 0 Å². The van der Waals surface area contributed by atoms with E-state index in [1.807, 2.05) is 26.2 Å². The molecule has 1 fully saturated rings. The number of hydrogen-bond acceptors (Lipinski definition) is 3. The molecule has 1 heterocycles. The molecule has 1 saturated heterocycles. The molecule has 6 heteroatoms. The summed E-state index contributed by atoms with van der Waals surface area (Å²) >= 11 is 0. The minimum absolute atomic E-state index is 0. The van der Waals surface area contributed by atoms with Crippen LogP contribution in [-0.4, -0.2) is 58.2 Å². The van der Waals surface area contributed by atoms with E-state index in [9.17, 15) is 0 Å². The molecule has 0 radical (unpaired) electrons. The van der Waals surface area contributed by atoms with E-state index in [1.165, 1.54) is 5.69 Å². The van der Waals surface area contributed by atoms with E-state index < -0.39 is 0 Å². The third kappa shape index (κ3) is 3.91. The molecule has 2 rings (SSSR count). The van der Waals surface area contributed by atoms with Crippen LogP contribution in [0.25, 0.3) is 0 Å². The first-order chi connectivity index (χ1) is 9.28. The number of halogens is 1. The van der Waals surface area contributed by atoms with E-state index in [-0.39, 0.29) is 24.0 Å². The van der Waals surface area contributed by atoms with E-state index in [4.69, 9.17) is 4.74 Å². The molecule has 1 aromatic carbocycles. The van der Waals surface area contributed by atoms with Gasteiger partial charge < -0.3 is 19.9 Å². The van der Waals surface area contributed by atoms with Gasteiger partial charge in [0.2, 0.25) is 0 Å². The number of hydrogen-bond donors (Lipinski definition) is 1. The highest BCUT2D eigenvalue weighted by Crippen LogP contribution is 2.21. The first kappa shape index (κ1) is 16.9. The smallest absolute Gasteiger partial charge is 0.193 e. The van der Waals surface area contributed by atoms with Gasteiger partial charge in [-0.3, -0.25) is 4.99 Å². The van der Waals surface area contributed by atoms with Gasteiger partial charge in [-0.15, -0.1) is 24.0 Å². The molecule has 1 aromatic rings. The van der Waals surface area contributed by atoms with Crippen molar-refractivity contribution in [3.63, 3.8) is 0 Å². The van der Waals surface area contributed by atoms with Gasteiger partial charge in [-0.2, -0.15) is 0 Å². The number of methoxy groups -OCH3 is 1. The van der Waals surface area contributed by atoms with Crippen LogP contribution in [0.2, 0.25) is 0 Å². The fraction of sp³-hybridized carbons (Fsp3) is 0.500. The Morgan fingerprint density at radius 3 is 2.50 bits per heavy atom. The van der Waals surface area contributed by atoms with Crippen molar-refractivity contribution in [2.24, 2.45) is 4.99 Å². The van der Waals surface area contributed by atoms with Crippen LogP contribution in [0.3, 0.4) is 0 Å². The lowest BCUT2D eigenvalue weighted by molar-refractivity contribution is 0.375. The highest BCUT2D eigenvalue weighted by Gasteiger charge is 2.19. The molecule has 112 valence electrons. The second kappa shape index (κ2) is 8.18. The predicted molar refractivity (Wildman–Crippen MR) is 94.6 cm³/mol. The number of nitrogens with one attached hydrogen (secondary N) is 1. The molecule has 0 amide bonds. The highest BCUT2D eigenvalue weighted by molar-refractivity contribution is 14.0. The van der Waals surface area contributed by atoms with E-state index >= 15 is 0 Å². The Hall–Kier alpha value is -1.18. The Kier molecular flexibility index (Phi) is 6.90. The molecule has 1 aliphatic rings. The fourth-order valence-corrected chi connectivity index (χ4v) is 2.39. The number of rotatable bonds is 2. The Bertz CT molecular complexity index is 445. The third-order valence-electron chi connectivity index (χ3n) is 3.43. The summed E-state index contributed by atoms with van der Waals surface area (Å²) in [5.41, 5.74) is 1.22. The monoisotopic (exact) mass is 390 g/mol. The van der Waals surface area contributed by atoms with Gasteiger partial charge in [-0.25, -0.2) is 0 Å². The first-order valence-electron chi connectivity index (χ1n) is 6.57. The highest BCUT2D eigenvalue weighted by atomic mass is 127. The molecule has 0 unspecified atom stereocenters. The van der Waals surface area contributed by atoms with Gasteiger partial charge in [0.25, 0.3) is 0 Å². The molecule has 1 aliphatic heterocycles. The number of benzene rings is 1. The molecule has 0 atom stereocenters. The van der Waals surface area contributed by atoms with Crippen LogP contribution in [0.5, 0.6) is 5.75 Å². The maximum atomic E-state index is 5.27. The van der Waals surface area contributed by atoms with Gasteiger partial charge in [-0.05, 0) is 12.1 Å². The summed E-state index contributed by atoms with van der Waals surface area (Å²) in [6.45, 7) is 3.94. The standard InChI is InChI=1S/C14H22N4O.HI/c1-15-14(16-2)18-9-7-17(8-10-18)12-5-4-6-13(11-12)19-3;/h4-6,11H,7-10H2,1-3H3,(H,15,16);1H. The summed E-state index contributed by atoms with van der Waals surface area (Å²) in [4.78, 5) is 8.90. The number of anilines is 1. The molecule has 0 spiro atoms. The van der Waals surface area contributed by atoms with Crippen LogP contribution < -0.4 is 15.0 Å². The van der Waals surface area contributed by atoms with Crippen LogP contribution >= 0.6 is 24.0 Å². The van der Waals surface area contributed by atoms with Crippen LogP contribution in [-0.2, 0) is 0 Å². The summed E-state index contributed by atoms with van der Waals surface area (Å²) < 4.78 is 5.27. The van der Waals surface area contributed by atoms with Gasteiger partial charge in [-0.1, -0.05) is 6.07 Å². The molecule has 0 bridgehead atoms. The maximum absolute atomic E-state index is 5.27. The molecular weight excluding hydrogens is 367 g/mol. The largest absolute Gasteiger partial charge is 0.497 e. The molecule has 0 aromatic heterocycles. The fourth-order valence-electron chi connectivity index (χ4n) is 2.39. The minimum atomic E-state index is 0. The summed E-state index contributed by atoms with van der Waals surface area (Å²) in [7, 11) is 5.44. The van der Waals surface area contributed by atoms with Crippen LogP contribution in [0, 0.1) is 0 Å². The van der Waals surface area contributed by atoms with Crippen molar-refractivity contribution in [1.82, 2.24) is 10.2 Å². The Labute approximate surface area is 138 Å². The summed E-state index contributed by atoms with van der Waals surface area (Å²) in [6, 6.07) is 8.23. The van der Waals surface area contributed by atoms with Gasteiger partial charge in [0.05, 0.1) is 7.11 Å². The van der Waals surface area contributed by atoms with Crippen molar-refractivity contribution in [2.45, 2.75) is 0 Å². The number of piperazine rings is 1. The third-order valence-corrected chi connectivity index (χ3v) is 3.43. The molecular formula is C14H23IN4O. The molecule has 1 N–H and O–H groups in total. The average Bonchev–Trinajstić information content (AvgIpc) is 2.49. The SMILES string of the molecule is CN=C(NC)N1CCN(c2cccc(OC)c2)CC1.I. The van der Waals surface area contributed by atoms with Gasteiger partial charge in [0, 0.05) is 52.0 Å². The Morgan fingerprint density at radius 2 is 1.95 bits per heavy atom. The van der Waals surface area contributed by atoms with E-state index in [0.717, 1.165) is 37.9 Å². The zero-order valence-electron chi connectivity index (χ0n) is 12.3. The van der Waals surface area contributed by atoms with E-state index in [2.05, 4.69) is 32.2 Å². The van der Waals surface area contributed by atoms with Gasteiger partial charge in [0.15, 0.2) is 5.96 Å². The summed E-state index contributed by atoms with van der Waals surface area (Å²) in [5.74, 6) is 1.87. The average molecular weight is 390 g/mol. The lowest BCUT2D eigenvalue weighted by atomic mass is 10.2. The lowest BCUT2D eigenvalue weighted by Gasteiger charge is -2.37. The Morgan fingerprint density at radius 1 is 1.25 bits per heavy atom. The van der Waals surface area contributed by atoms with Crippen molar-refractivity contribution in [2.75, 3.05) is 52.3 Å². The molecule has 0 aliphatic carbocycles. The summed E-state index contributed by atoms with van der Waals surface area (Å²) in [5, 5.41) is 3.13. The van der Waals surface area contributed by atoms with Crippen molar-refractivity contribution < 1.29 is 4.74 Å². The lowest BCUT2D eigenvalue weighted by Crippen LogP contribution is -2.51. The first-order valence-corrected chi connectivity index (χ1v) is 6.57. The van der Waals surface area contributed by atoms with Crippen LogP contribution in [0.4, 0.5) is 5.69 Å². The predicted octanol–water partition coefficient (Wildman–Crippen LogP) is 1.64. The normalized spacial score (nSPS) is 15.7. The number of guanidine groups is 1. The second-order valence-electron chi connectivity index (χ2n) is 4.47. The van der Waals surface area contributed by atoms with Crippen LogP contribution in [0.15, 0.2) is 29.3 Å².